The first-order valence-electron chi connectivity index (χ1n) is 9.98. The zero-order valence-corrected chi connectivity index (χ0v) is 18.1. The second kappa shape index (κ2) is 8.25. The molecule has 2 aromatic carbocycles. The Kier molecular flexibility index (Phi) is 5.84. The Bertz CT molecular complexity index is 971. The maximum atomic E-state index is 13.1. The molecule has 0 saturated heterocycles. The van der Waals surface area contributed by atoms with Gasteiger partial charge in [0.05, 0.1) is 25.7 Å². The zero-order chi connectivity index (χ0) is 21.5. The Morgan fingerprint density at radius 2 is 1.97 bits per heavy atom. The first kappa shape index (κ1) is 21.2. The summed E-state index contributed by atoms with van der Waals surface area (Å²) in [7, 11) is 1.38. The number of esters is 1. The number of hydrogen-bond donors (Lipinski definition) is 0. The maximum Gasteiger partial charge on any atom is 0.417 e. The van der Waals surface area contributed by atoms with Gasteiger partial charge in [0.25, 0.3) is 0 Å². The van der Waals surface area contributed by atoms with Gasteiger partial charge in [0.1, 0.15) is 5.75 Å². The molecule has 0 spiro atoms. The molecular weight excluding hydrogens is 461 g/mol. The van der Waals surface area contributed by atoms with Crippen molar-refractivity contribution >= 4 is 21.9 Å². The highest BCUT2D eigenvalue weighted by Crippen LogP contribution is 2.45. The number of rotatable bonds is 5. The quantitative estimate of drug-likeness (QED) is 0.478. The van der Waals surface area contributed by atoms with Crippen molar-refractivity contribution in [2.45, 2.75) is 50.1 Å². The van der Waals surface area contributed by atoms with Crippen molar-refractivity contribution in [1.29, 1.82) is 0 Å². The smallest absolute Gasteiger partial charge is 0.417 e. The van der Waals surface area contributed by atoms with E-state index in [0.29, 0.717) is 19.4 Å². The minimum Gasteiger partial charge on any atom is -0.493 e. The van der Waals surface area contributed by atoms with Gasteiger partial charge in [-0.15, -0.1) is 0 Å². The number of ether oxygens (including phenoxy) is 2. The predicted octanol–water partition coefficient (Wildman–Crippen LogP) is 6.17. The first-order valence-corrected chi connectivity index (χ1v) is 10.8. The molecule has 1 aliphatic carbocycles. The average molecular weight is 483 g/mol. The number of methoxy groups -OCH3 is 1. The fraction of sp³-hybridized carbons (Fsp3) is 0.435. The third-order valence-electron chi connectivity index (χ3n) is 6.15. The van der Waals surface area contributed by atoms with Crippen LogP contribution in [-0.4, -0.2) is 19.7 Å². The van der Waals surface area contributed by atoms with E-state index in [-0.39, 0.29) is 22.3 Å². The largest absolute Gasteiger partial charge is 0.493 e. The number of aryl methyl sites for hydroxylation is 1. The van der Waals surface area contributed by atoms with E-state index in [9.17, 15) is 18.0 Å². The van der Waals surface area contributed by atoms with Crippen molar-refractivity contribution in [1.82, 2.24) is 0 Å². The van der Waals surface area contributed by atoms with E-state index < -0.39 is 11.7 Å². The standard InChI is InChI=1S/C23H22BrF3O3/c1-29-21(28)11-15-12-30-20-10-13(3-6-17(15)20)2-4-14-5-7-18-16(14)8-9-19(22(18)24)23(25,26)27/h3,6,8-10,14-15H,2,4-5,7,11-12H2,1H3. The molecule has 2 unspecified atom stereocenters. The van der Waals surface area contributed by atoms with Crippen molar-refractivity contribution in [2.75, 3.05) is 13.7 Å². The van der Waals surface area contributed by atoms with Gasteiger partial charge in [-0.25, -0.2) is 0 Å². The lowest BCUT2D eigenvalue weighted by molar-refractivity contribution is -0.141. The Morgan fingerprint density at radius 1 is 1.20 bits per heavy atom. The molecular formula is C23H22BrF3O3. The third-order valence-corrected chi connectivity index (χ3v) is 7.05. The summed E-state index contributed by atoms with van der Waals surface area (Å²) >= 11 is 3.18. The Morgan fingerprint density at radius 3 is 2.70 bits per heavy atom. The maximum absolute atomic E-state index is 13.1. The number of carbonyl (C=O) groups is 1. The number of benzene rings is 2. The van der Waals surface area contributed by atoms with Crippen LogP contribution in [0.2, 0.25) is 0 Å². The second-order valence-corrected chi connectivity index (χ2v) is 8.72. The van der Waals surface area contributed by atoms with Crippen molar-refractivity contribution in [3.63, 3.8) is 0 Å². The van der Waals surface area contributed by atoms with Crippen LogP contribution in [-0.2, 0) is 28.5 Å². The Hall–Kier alpha value is -2.02. The van der Waals surface area contributed by atoms with E-state index in [1.807, 2.05) is 12.1 Å². The lowest BCUT2D eigenvalue weighted by Crippen LogP contribution is -2.09. The summed E-state index contributed by atoms with van der Waals surface area (Å²) in [4.78, 5) is 11.6. The van der Waals surface area contributed by atoms with Gasteiger partial charge in [0.15, 0.2) is 0 Å². The zero-order valence-electron chi connectivity index (χ0n) is 16.5. The summed E-state index contributed by atoms with van der Waals surface area (Å²) in [5, 5.41) is 0. The van der Waals surface area contributed by atoms with Gasteiger partial charge in [-0.3, -0.25) is 4.79 Å². The molecule has 3 nitrogen and oxygen atoms in total. The molecule has 7 heteroatoms. The minimum atomic E-state index is -4.35. The molecule has 0 saturated carbocycles. The average Bonchev–Trinajstić information content (AvgIpc) is 3.30. The lowest BCUT2D eigenvalue weighted by Gasteiger charge is -2.15. The molecule has 2 aliphatic rings. The topological polar surface area (TPSA) is 35.5 Å². The number of carbonyl (C=O) groups excluding carboxylic acids is 1. The van der Waals surface area contributed by atoms with Gasteiger partial charge in [0.2, 0.25) is 0 Å². The highest BCUT2D eigenvalue weighted by Gasteiger charge is 2.36. The fourth-order valence-electron chi connectivity index (χ4n) is 4.54. The van der Waals surface area contributed by atoms with E-state index in [0.717, 1.165) is 47.3 Å². The fourth-order valence-corrected chi connectivity index (χ4v) is 5.32. The summed E-state index contributed by atoms with van der Waals surface area (Å²) in [6.45, 7) is 0.472. The molecule has 0 bridgehead atoms. The van der Waals surface area contributed by atoms with E-state index in [1.54, 1.807) is 6.07 Å². The molecule has 160 valence electrons. The van der Waals surface area contributed by atoms with Gasteiger partial charge in [-0.05, 0) is 76.4 Å². The molecule has 4 rings (SSSR count). The van der Waals surface area contributed by atoms with Crippen LogP contribution in [0.1, 0.15) is 58.9 Å². The Balaban J connectivity index is 1.44. The van der Waals surface area contributed by atoms with Gasteiger partial charge < -0.3 is 9.47 Å². The minimum absolute atomic E-state index is 0.0170. The van der Waals surface area contributed by atoms with Crippen LogP contribution in [0.25, 0.3) is 0 Å². The Labute approximate surface area is 181 Å². The van der Waals surface area contributed by atoms with Crippen molar-refractivity contribution in [3.8, 4) is 5.75 Å². The van der Waals surface area contributed by atoms with Crippen LogP contribution in [0, 0.1) is 0 Å². The van der Waals surface area contributed by atoms with Crippen LogP contribution < -0.4 is 4.74 Å². The highest BCUT2D eigenvalue weighted by atomic mass is 79.9. The summed E-state index contributed by atoms with van der Waals surface area (Å²) in [5.74, 6) is 0.828. The second-order valence-electron chi connectivity index (χ2n) is 7.93. The summed E-state index contributed by atoms with van der Waals surface area (Å²) < 4.78 is 50.1. The molecule has 0 radical (unpaired) electrons. The number of hydrogen-bond acceptors (Lipinski definition) is 3. The van der Waals surface area contributed by atoms with Gasteiger partial charge in [-0.1, -0.05) is 18.2 Å². The van der Waals surface area contributed by atoms with E-state index >= 15 is 0 Å². The predicted molar refractivity (Wildman–Crippen MR) is 110 cm³/mol. The SMILES string of the molecule is COC(=O)CC1COc2cc(CCC3CCc4c3ccc(C(F)(F)F)c4Br)ccc21. The summed E-state index contributed by atoms with van der Waals surface area (Å²) in [6, 6.07) is 8.91. The molecule has 1 aliphatic heterocycles. The van der Waals surface area contributed by atoms with Crippen LogP contribution in [0.5, 0.6) is 5.75 Å². The van der Waals surface area contributed by atoms with E-state index in [2.05, 4.69) is 22.0 Å². The molecule has 0 aromatic heterocycles. The first-order chi connectivity index (χ1) is 14.3. The third kappa shape index (κ3) is 4.09. The highest BCUT2D eigenvalue weighted by molar-refractivity contribution is 9.10. The van der Waals surface area contributed by atoms with Crippen LogP contribution in [0.4, 0.5) is 13.2 Å². The van der Waals surface area contributed by atoms with Crippen LogP contribution in [0.15, 0.2) is 34.8 Å². The summed E-state index contributed by atoms with van der Waals surface area (Å²) in [6.07, 6.45) is -0.834. The number of fused-ring (bicyclic) bond motifs is 2. The van der Waals surface area contributed by atoms with E-state index in [4.69, 9.17) is 9.47 Å². The number of alkyl halides is 3. The van der Waals surface area contributed by atoms with E-state index in [1.165, 1.54) is 13.2 Å². The van der Waals surface area contributed by atoms with Gasteiger partial charge in [-0.2, -0.15) is 13.2 Å². The van der Waals surface area contributed by atoms with Crippen LogP contribution in [0.3, 0.4) is 0 Å². The summed E-state index contributed by atoms with van der Waals surface area (Å²) in [5.41, 5.74) is 3.37. The van der Waals surface area contributed by atoms with Gasteiger partial charge >= 0.3 is 12.1 Å². The molecule has 0 amide bonds. The lowest BCUT2D eigenvalue weighted by atomic mass is 9.92. The molecule has 2 atom stereocenters. The van der Waals surface area contributed by atoms with Crippen molar-refractivity contribution in [3.05, 3.63) is 62.6 Å². The van der Waals surface area contributed by atoms with Gasteiger partial charge in [0, 0.05) is 16.0 Å². The normalized spacial score (nSPS) is 19.9. The van der Waals surface area contributed by atoms with Crippen molar-refractivity contribution in [2.24, 2.45) is 0 Å². The number of halogens is 4. The van der Waals surface area contributed by atoms with Crippen molar-refractivity contribution < 1.29 is 27.4 Å². The molecule has 30 heavy (non-hydrogen) atoms. The molecule has 0 fully saturated rings. The molecule has 1 heterocycles. The van der Waals surface area contributed by atoms with Crippen LogP contribution >= 0.6 is 15.9 Å². The monoisotopic (exact) mass is 482 g/mol. The molecule has 2 aromatic rings. The molecule has 0 N–H and O–H groups in total.